The number of aromatic nitrogens is 2. The van der Waals surface area contributed by atoms with Gasteiger partial charge in [-0.2, -0.15) is 5.10 Å². The number of ether oxygens (including phenoxy) is 1. The molecular weight excluding hydrogens is 370 g/mol. The highest BCUT2D eigenvalue weighted by atomic mass is 16.5. The van der Waals surface area contributed by atoms with E-state index in [0.29, 0.717) is 19.7 Å². The topological polar surface area (TPSA) is 93.5 Å². The average molecular weight is 397 g/mol. The van der Waals surface area contributed by atoms with Crippen molar-refractivity contribution < 1.29 is 14.6 Å². The van der Waals surface area contributed by atoms with Gasteiger partial charge in [-0.1, -0.05) is 25.0 Å². The summed E-state index contributed by atoms with van der Waals surface area (Å²) in [6.07, 6.45) is 8.11. The fraction of sp³-hybridized carbons (Fsp3) is 0.500. The van der Waals surface area contributed by atoms with Crippen LogP contribution >= 0.6 is 0 Å². The Labute approximate surface area is 169 Å². The van der Waals surface area contributed by atoms with Gasteiger partial charge in [-0.05, 0) is 49.8 Å². The summed E-state index contributed by atoms with van der Waals surface area (Å²) in [6.45, 7) is 1.59. The summed E-state index contributed by atoms with van der Waals surface area (Å²) in [5.74, 6) is -0.120. The van der Waals surface area contributed by atoms with E-state index in [1.54, 1.807) is 4.68 Å². The highest BCUT2D eigenvalue weighted by Gasteiger charge is 2.36. The molecule has 0 atom stereocenters. The van der Waals surface area contributed by atoms with Crippen LogP contribution in [0.3, 0.4) is 0 Å². The fourth-order valence-corrected chi connectivity index (χ4v) is 4.44. The lowest BCUT2D eigenvalue weighted by atomic mass is 9.79. The number of nitrogens with zero attached hydrogens (tertiary/aromatic N) is 2. The predicted octanol–water partition coefficient (Wildman–Crippen LogP) is 2.75. The molecule has 0 unspecified atom stereocenters. The highest BCUT2D eigenvalue weighted by molar-refractivity contribution is 5.92. The molecule has 7 nitrogen and oxygen atoms in total. The van der Waals surface area contributed by atoms with E-state index in [-0.39, 0.29) is 11.1 Å². The molecule has 1 amide bonds. The zero-order valence-corrected chi connectivity index (χ0v) is 16.5. The van der Waals surface area contributed by atoms with E-state index >= 15 is 0 Å². The molecule has 1 saturated carbocycles. The highest BCUT2D eigenvalue weighted by Crippen LogP contribution is 2.42. The largest absolute Gasteiger partial charge is 0.503 e. The standard InChI is InChI=1S/C22H27N3O4/c26-18-14-25-15-22(10-2-3-11-22)16-6-8-17(9-7-16)29-13-5-1-4-12-23-21(28)19(24-25)20(18)27/h6-9,14,26H,1-5,10-13,15H2,(H,23,28). The van der Waals surface area contributed by atoms with Gasteiger partial charge < -0.3 is 15.2 Å². The molecule has 2 aliphatic heterocycles. The first-order valence-corrected chi connectivity index (χ1v) is 10.4. The number of aromatic hydroxyl groups is 1. The predicted molar refractivity (Wildman–Crippen MR) is 108 cm³/mol. The summed E-state index contributed by atoms with van der Waals surface area (Å²) in [5.41, 5.74) is 0.0723. The number of amides is 1. The van der Waals surface area contributed by atoms with Crippen LogP contribution in [0.5, 0.6) is 11.5 Å². The van der Waals surface area contributed by atoms with E-state index < -0.39 is 17.1 Å². The van der Waals surface area contributed by atoms with Gasteiger partial charge in [0, 0.05) is 12.0 Å². The summed E-state index contributed by atoms with van der Waals surface area (Å²) in [6, 6.07) is 8.24. The zero-order valence-electron chi connectivity index (χ0n) is 16.5. The Hall–Kier alpha value is -2.83. The number of benzene rings is 1. The van der Waals surface area contributed by atoms with E-state index in [1.807, 2.05) is 12.1 Å². The van der Waals surface area contributed by atoms with Crippen LogP contribution < -0.4 is 15.5 Å². The molecule has 1 aromatic heterocycles. The molecule has 1 fully saturated rings. The third-order valence-electron chi connectivity index (χ3n) is 6.03. The molecule has 4 bridgehead atoms. The van der Waals surface area contributed by atoms with Crippen LogP contribution in [0.4, 0.5) is 0 Å². The summed E-state index contributed by atoms with van der Waals surface area (Å²) in [7, 11) is 0. The van der Waals surface area contributed by atoms with Crippen LogP contribution in [0.15, 0.2) is 35.3 Å². The van der Waals surface area contributed by atoms with Crippen LogP contribution in [0.1, 0.15) is 61.0 Å². The molecule has 29 heavy (non-hydrogen) atoms. The van der Waals surface area contributed by atoms with E-state index in [2.05, 4.69) is 22.5 Å². The van der Waals surface area contributed by atoms with Gasteiger partial charge in [-0.15, -0.1) is 0 Å². The number of rotatable bonds is 0. The monoisotopic (exact) mass is 397 g/mol. The zero-order chi connectivity index (χ0) is 20.3. The van der Waals surface area contributed by atoms with Gasteiger partial charge in [0.15, 0.2) is 11.4 Å². The Morgan fingerprint density at radius 2 is 1.79 bits per heavy atom. The minimum atomic E-state index is -0.727. The van der Waals surface area contributed by atoms with E-state index in [4.69, 9.17) is 4.74 Å². The van der Waals surface area contributed by atoms with E-state index in [1.165, 1.54) is 11.8 Å². The number of carbonyl (C=O) groups excluding carboxylic acids is 1. The minimum absolute atomic E-state index is 0.144. The van der Waals surface area contributed by atoms with Crippen molar-refractivity contribution in [2.24, 2.45) is 0 Å². The first-order chi connectivity index (χ1) is 14.1. The molecule has 2 N–H and O–H groups in total. The molecule has 7 heteroatoms. The number of fused-ring (bicyclic) bond motifs is 9. The Bertz CT molecular complexity index is 930. The number of nitrogens with one attached hydrogen (secondary N) is 1. The van der Waals surface area contributed by atoms with Gasteiger partial charge in [-0.3, -0.25) is 14.3 Å². The van der Waals surface area contributed by atoms with Gasteiger partial charge >= 0.3 is 0 Å². The summed E-state index contributed by atoms with van der Waals surface area (Å²) in [4.78, 5) is 24.8. The van der Waals surface area contributed by atoms with Crippen molar-refractivity contribution in [3.8, 4) is 11.5 Å². The smallest absolute Gasteiger partial charge is 0.275 e. The van der Waals surface area contributed by atoms with E-state index in [9.17, 15) is 14.7 Å². The third kappa shape index (κ3) is 4.13. The lowest BCUT2D eigenvalue weighted by molar-refractivity contribution is 0.0942. The Kier molecular flexibility index (Phi) is 5.56. The number of carbonyl (C=O) groups is 1. The van der Waals surface area contributed by atoms with Gasteiger partial charge in [0.2, 0.25) is 0 Å². The lowest BCUT2D eigenvalue weighted by Gasteiger charge is -2.30. The average Bonchev–Trinajstić information content (AvgIpc) is 3.19. The van der Waals surface area contributed by atoms with Gasteiger partial charge in [0.1, 0.15) is 5.75 Å². The van der Waals surface area contributed by atoms with Crippen molar-refractivity contribution >= 4 is 5.91 Å². The van der Waals surface area contributed by atoms with Crippen LogP contribution in [0.25, 0.3) is 0 Å². The first-order valence-electron chi connectivity index (χ1n) is 10.4. The summed E-state index contributed by atoms with van der Waals surface area (Å²) in [5, 5.41) is 17.2. The Morgan fingerprint density at radius 1 is 1.03 bits per heavy atom. The molecule has 1 spiro atoms. The van der Waals surface area contributed by atoms with Crippen LogP contribution in [-0.4, -0.2) is 33.9 Å². The van der Waals surface area contributed by atoms with Gasteiger partial charge in [0.25, 0.3) is 11.3 Å². The molecular formula is C22H27N3O4. The fourth-order valence-electron chi connectivity index (χ4n) is 4.44. The molecule has 5 rings (SSSR count). The van der Waals surface area contributed by atoms with Crippen LogP contribution in [0.2, 0.25) is 0 Å². The molecule has 1 aliphatic carbocycles. The van der Waals surface area contributed by atoms with Gasteiger partial charge in [0.05, 0.1) is 19.3 Å². The molecule has 2 aromatic rings. The quantitative estimate of drug-likeness (QED) is 0.713. The molecule has 154 valence electrons. The lowest BCUT2D eigenvalue weighted by Crippen LogP contribution is -2.35. The number of hydrogen-bond acceptors (Lipinski definition) is 5. The van der Waals surface area contributed by atoms with E-state index in [0.717, 1.165) is 50.7 Å². The maximum atomic E-state index is 12.5. The van der Waals surface area contributed by atoms with Crippen molar-refractivity contribution in [2.45, 2.75) is 56.9 Å². The maximum Gasteiger partial charge on any atom is 0.275 e. The molecule has 1 aromatic carbocycles. The second-order valence-corrected chi connectivity index (χ2v) is 8.07. The summed E-state index contributed by atoms with van der Waals surface area (Å²) < 4.78 is 7.40. The maximum absolute atomic E-state index is 12.5. The molecule has 3 aliphatic rings. The molecule has 0 saturated heterocycles. The van der Waals surface area contributed by atoms with Crippen molar-refractivity contribution in [3.05, 3.63) is 51.9 Å². The Balaban J connectivity index is 1.74. The minimum Gasteiger partial charge on any atom is -0.503 e. The molecule has 0 radical (unpaired) electrons. The van der Waals surface area contributed by atoms with Gasteiger partial charge in [-0.25, -0.2) is 0 Å². The van der Waals surface area contributed by atoms with Crippen LogP contribution in [-0.2, 0) is 12.0 Å². The third-order valence-corrected chi connectivity index (χ3v) is 6.03. The van der Waals surface area contributed by atoms with Crippen LogP contribution in [0, 0.1) is 0 Å². The van der Waals surface area contributed by atoms with Crippen molar-refractivity contribution in [3.63, 3.8) is 0 Å². The SMILES string of the molecule is O=C1NCCCCCOc2ccc(cc2)C2(CCCC2)Cn2cc(O)c(=O)c1n2. The second-order valence-electron chi connectivity index (χ2n) is 8.07. The number of hydrogen-bond donors (Lipinski definition) is 2. The summed E-state index contributed by atoms with van der Waals surface area (Å²) >= 11 is 0. The Morgan fingerprint density at radius 3 is 2.55 bits per heavy atom. The first kappa shape index (κ1) is 19.5. The van der Waals surface area contributed by atoms with Crippen molar-refractivity contribution in [1.29, 1.82) is 0 Å². The molecule has 3 heterocycles. The second kappa shape index (κ2) is 8.27. The van der Waals surface area contributed by atoms with Crippen molar-refractivity contribution in [2.75, 3.05) is 13.2 Å². The normalized spacial score (nSPS) is 19.5. The van der Waals surface area contributed by atoms with Crippen molar-refractivity contribution in [1.82, 2.24) is 15.1 Å².